The number of hydrogen-bond acceptors (Lipinski definition) is 4. The molecular formula is C14H7ClFNO2S. The molecule has 6 heteroatoms. The molecule has 0 amide bonds. The van der Waals surface area contributed by atoms with Crippen molar-refractivity contribution in [2.45, 2.75) is 0 Å². The van der Waals surface area contributed by atoms with E-state index in [4.69, 9.17) is 16.3 Å². The lowest BCUT2D eigenvalue weighted by Gasteiger charge is -1.98. The van der Waals surface area contributed by atoms with Crippen LogP contribution in [0.5, 0.6) is 0 Å². The lowest BCUT2D eigenvalue weighted by molar-refractivity contribution is -0.129. The molecule has 1 aromatic heterocycles. The molecule has 0 radical (unpaired) electrons. The van der Waals surface area contributed by atoms with E-state index in [1.807, 2.05) is 0 Å². The van der Waals surface area contributed by atoms with Crippen molar-refractivity contribution in [3.63, 3.8) is 0 Å². The number of ether oxygens (including phenoxy) is 1. The van der Waals surface area contributed by atoms with Crippen LogP contribution < -0.4 is 0 Å². The van der Waals surface area contributed by atoms with E-state index in [1.54, 1.807) is 18.2 Å². The van der Waals surface area contributed by atoms with Crippen LogP contribution in [0.4, 0.5) is 4.39 Å². The van der Waals surface area contributed by atoms with Crippen molar-refractivity contribution in [3.8, 4) is 0 Å². The van der Waals surface area contributed by atoms with Crippen molar-refractivity contribution in [2.24, 2.45) is 4.99 Å². The summed E-state index contributed by atoms with van der Waals surface area (Å²) < 4.78 is 18.5. The van der Waals surface area contributed by atoms with Gasteiger partial charge in [-0.15, -0.1) is 11.3 Å². The highest BCUT2D eigenvalue weighted by Crippen LogP contribution is 2.26. The lowest BCUT2D eigenvalue weighted by Crippen LogP contribution is -2.05. The Bertz CT molecular complexity index is 734. The van der Waals surface area contributed by atoms with Crippen LogP contribution in [0.2, 0.25) is 4.34 Å². The molecule has 0 atom stereocenters. The molecule has 0 unspecified atom stereocenters. The van der Waals surface area contributed by atoms with Crippen molar-refractivity contribution in [2.75, 3.05) is 0 Å². The molecule has 20 heavy (non-hydrogen) atoms. The van der Waals surface area contributed by atoms with Crippen molar-refractivity contribution < 1.29 is 13.9 Å². The minimum Gasteiger partial charge on any atom is -0.402 e. The minimum atomic E-state index is -0.533. The van der Waals surface area contributed by atoms with E-state index in [0.717, 1.165) is 4.88 Å². The van der Waals surface area contributed by atoms with Gasteiger partial charge in [0.1, 0.15) is 5.82 Å². The number of thiophene rings is 1. The number of cyclic esters (lactones) is 1. The van der Waals surface area contributed by atoms with Gasteiger partial charge in [0.25, 0.3) is 0 Å². The van der Waals surface area contributed by atoms with Crippen LogP contribution in [0.25, 0.3) is 6.08 Å². The number of esters is 1. The number of rotatable bonds is 2. The molecule has 1 aliphatic heterocycles. The average Bonchev–Trinajstić information content (AvgIpc) is 2.98. The highest BCUT2D eigenvalue weighted by atomic mass is 35.5. The summed E-state index contributed by atoms with van der Waals surface area (Å²) >= 11 is 7.16. The number of benzene rings is 1. The summed E-state index contributed by atoms with van der Waals surface area (Å²) in [6.07, 6.45) is 1.61. The maximum absolute atomic E-state index is 12.8. The van der Waals surface area contributed by atoms with E-state index in [-0.39, 0.29) is 17.4 Å². The molecule has 0 spiro atoms. The monoisotopic (exact) mass is 307 g/mol. The van der Waals surface area contributed by atoms with Crippen molar-refractivity contribution >= 4 is 40.9 Å². The standard InChI is InChI=1S/C14H7ClFNO2S/c15-12-6-5-10(20-12)7-11-14(18)19-13(17-11)8-1-3-9(16)4-2-8/h1-7H/b11-7-. The van der Waals surface area contributed by atoms with E-state index in [0.29, 0.717) is 9.90 Å². The number of hydrogen-bond donors (Lipinski definition) is 0. The van der Waals surface area contributed by atoms with Gasteiger partial charge in [0, 0.05) is 10.4 Å². The van der Waals surface area contributed by atoms with Gasteiger partial charge in [0.15, 0.2) is 5.70 Å². The maximum atomic E-state index is 12.8. The SMILES string of the molecule is O=C1OC(c2ccc(F)cc2)=N/C1=C\c1ccc(Cl)s1. The predicted octanol–water partition coefficient (Wildman–Crippen LogP) is 3.89. The highest BCUT2D eigenvalue weighted by molar-refractivity contribution is 7.17. The van der Waals surface area contributed by atoms with E-state index >= 15 is 0 Å². The number of nitrogens with zero attached hydrogens (tertiary/aromatic N) is 1. The molecule has 3 nitrogen and oxygen atoms in total. The number of carbonyl (C=O) groups is 1. The minimum absolute atomic E-state index is 0.170. The summed E-state index contributed by atoms with van der Waals surface area (Å²) in [7, 11) is 0. The summed E-state index contributed by atoms with van der Waals surface area (Å²) in [5.74, 6) is -0.722. The summed E-state index contributed by atoms with van der Waals surface area (Å²) in [6.45, 7) is 0. The van der Waals surface area contributed by atoms with Crippen LogP contribution in [-0.2, 0) is 9.53 Å². The molecule has 2 aromatic rings. The first-order valence-electron chi connectivity index (χ1n) is 5.66. The molecule has 0 saturated heterocycles. The first-order valence-corrected chi connectivity index (χ1v) is 6.85. The zero-order valence-corrected chi connectivity index (χ0v) is 11.5. The normalized spacial score (nSPS) is 16.4. The van der Waals surface area contributed by atoms with Gasteiger partial charge in [-0.05, 0) is 42.5 Å². The largest absolute Gasteiger partial charge is 0.402 e. The number of carbonyl (C=O) groups excluding carboxylic acids is 1. The molecular weight excluding hydrogens is 301 g/mol. The Kier molecular flexibility index (Phi) is 3.38. The fourth-order valence-corrected chi connectivity index (χ4v) is 2.66. The first kappa shape index (κ1) is 13.0. The van der Waals surface area contributed by atoms with Crippen LogP contribution in [-0.4, -0.2) is 11.9 Å². The van der Waals surface area contributed by atoms with Gasteiger partial charge in [-0.3, -0.25) is 0 Å². The second-order valence-electron chi connectivity index (χ2n) is 3.98. The topological polar surface area (TPSA) is 38.7 Å². The van der Waals surface area contributed by atoms with Crippen LogP contribution in [0, 0.1) is 5.82 Å². The molecule has 2 heterocycles. The Morgan fingerprint density at radius 2 is 1.95 bits per heavy atom. The van der Waals surface area contributed by atoms with Crippen LogP contribution in [0.3, 0.4) is 0 Å². The summed E-state index contributed by atoms with van der Waals surface area (Å²) in [6, 6.07) is 9.11. The van der Waals surface area contributed by atoms with Crippen molar-refractivity contribution in [1.29, 1.82) is 0 Å². The zero-order chi connectivity index (χ0) is 14.1. The Morgan fingerprint density at radius 3 is 2.60 bits per heavy atom. The van der Waals surface area contributed by atoms with Gasteiger partial charge in [0.05, 0.1) is 4.34 Å². The quantitative estimate of drug-likeness (QED) is 0.624. The first-order chi connectivity index (χ1) is 9.61. The second kappa shape index (κ2) is 5.19. The maximum Gasteiger partial charge on any atom is 0.363 e. The van der Waals surface area contributed by atoms with Crippen LogP contribution >= 0.6 is 22.9 Å². The highest BCUT2D eigenvalue weighted by Gasteiger charge is 2.24. The van der Waals surface area contributed by atoms with Crippen LogP contribution in [0.1, 0.15) is 10.4 Å². The van der Waals surface area contributed by atoms with Crippen molar-refractivity contribution in [3.05, 3.63) is 62.7 Å². The molecule has 0 saturated carbocycles. The smallest absolute Gasteiger partial charge is 0.363 e. The Labute approximate surface area is 123 Å². The number of aliphatic imine (C=N–C) groups is 1. The molecule has 3 rings (SSSR count). The molecule has 1 aliphatic rings. The average molecular weight is 308 g/mol. The third kappa shape index (κ3) is 2.64. The van der Waals surface area contributed by atoms with Gasteiger partial charge in [0.2, 0.25) is 5.90 Å². The molecule has 100 valence electrons. The Morgan fingerprint density at radius 1 is 1.20 bits per heavy atom. The van der Waals surface area contributed by atoms with E-state index < -0.39 is 5.97 Å². The third-order valence-corrected chi connectivity index (χ3v) is 3.76. The Balaban J connectivity index is 1.92. The van der Waals surface area contributed by atoms with Gasteiger partial charge < -0.3 is 4.74 Å². The molecule has 0 bridgehead atoms. The zero-order valence-electron chi connectivity index (χ0n) is 9.97. The van der Waals surface area contributed by atoms with E-state index in [2.05, 4.69) is 4.99 Å². The summed E-state index contributed by atoms with van der Waals surface area (Å²) in [5.41, 5.74) is 0.746. The molecule has 0 aliphatic carbocycles. The van der Waals surface area contributed by atoms with E-state index in [1.165, 1.54) is 35.6 Å². The predicted molar refractivity (Wildman–Crippen MR) is 76.3 cm³/mol. The van der Waals surface area contributed by atoms with Gasteiger partial charge in [-0.1, -0.05) is 11.6 Å². The number of halogens is 2. The van der Waals surface area contributed by atoms with Gasteiger partial charge in [-0.25, -0.2) is 14.2 Å². The summed E-state index contributed by atoms with van der Waals surface area (Å²) in [5, 5.41) is 0. The fourth-order valence-electron chi connectivity index (χ4n) is 1.67. The fraction of sp³-hybridized carbons (Fsp3) is 0. The van der Waals surface area contributed by atoms with Gasteiger partial charge in [-0.2, -0.15) is 0 Å². The molecule has 1 aromatic carbocycles. The third-order valence-electron chi connectivity index (χ3n) is 2.58. The van der Waals surface area contributed by atoms with Gasteiger partial charge >= 0.3 is 5.97 Å². The lowest BCUT2D eigenvalue weighted by atomic mass is 10.2. The van der Waals surface area contributed by atoms with E-state index in [9.17, 15) is 9.18 Å². The second-order valence-corrected chi connectivity index (χ2v) is 5.73. The molecule has 0 fully saturated rings. The molecule has 0 N–H and O–H groups in total. The Hall–Kier alpha value is -1.98. The summed E-state index contributed by atoms with van der Waals surface area (Å²) in [4.78, 5) is 16.7. The van der Waals surface area contributed by atoms with Crippen LogP contribution in [0.15, 0.2) is 47.1 Å². The van der Waals surface area contributed by atoms with Crippen molar-refractivity contribution in [1.82, 2.24) is 0 Å².